The van der Waals surface area contributed by atoms with Crippen molar-refractivity contribution in [2.45, 2.75) is 31.1 Å². The number of hydrogen-bond donors (Lipinski definition) is 1. The van der Waals surface area contributed by atoms with Crippen molar-refractivity contribution < 1.29 is 22.4 Å². The Morgan fingerprint density at radius 2 is 2.05 bits per heavy atom. The van der Waals surface area contributed by atoms with Crippen LogP contribution in [0.25, 0.3) is 0 Å². The smallest absolute Gasteiger partial charge is 0.323 e. The molecule has 0 aliphatic heterocycles. The van der Waals surface area contributed by atoms with Crippen molar-refractivity contribution in [3.8, 4) is 0 Å². The van der Waals surface area contributed by atoms with Crippen LogP contribution in [-0.4, -0.2) is 29.6 Å². The van der Waals surface area contributed by atoms with Gasteiger partial charge < -0.3 is 10.6 Å². The Hall–Kier alpha value is -1.34. The van der Waals surface area contributed by atoms with Crippen LogP contribution in [0.3, 0.4) is 0 Å². The van der Waals surface area contributed by atoms with Crippen LogP contribution in [-0.2, 0) is 4.79 Å². The standard InChI is InChI=1S/C13H13ClF4N2O/c14-9-3-1-2-8(11(9)15)12(13(16,17)18)20(7-4-5-7)10(21)6-19/h1-3,7,12H,4-6,19H2. The predicted octanol–water partition coefficient (Wildman–Crippen LogP) is 3.03. The van der Waals surface area contributed by atoms with Crippen LogP contribution in [0, 0.1) is 5.82 Å². The summed E-state index contributed by atoms with van der Waals surface area (Å²) in [5.74, 6) is -2.03. The van der Waals surface area contributed by atoms with E-state index in [1.165, 1.54) is 6.07 Å². The number of amides is 1. The largest absolute Gasteiger partial charge is 0.413 e. The minimum Gasteiger partial charge on any atom is -0.323 e. The number of alkyl halides is 3. The van der Waals surface area contributed by atoms with Crippen molar-refractivity contribution in [2.24, 2.45) is 5.73 Å². The molecule has 1 amide bonds. The van der Waals surface area contributed by atoms with Gasteiger partial charge in [0.25, 0.3) is 0 Å². The van der Waals surface area contributed by atoms with Gasteiger partial charge in [0.1, 0.15) is 5.82 Å². The average Bonchev–Trinajstić information content (AvgIpc) is 3.22. The lowest BCUT2D eigenvalue weighted by Gasteiger charge is -2.33. The molecule has 1 atom stereocenters. The van der Waals surface area contributed by atoms with E-state index < -0.39 is 47.1 Å². The van der Waals surface area contributed by atoms with Gasteiger partial charge in [-0.1, -0.05) is 23.7 Å². The molecule has 1 aliphatic carbocycles. The third-order valence-corrected chi connectivity index (χ3v) is 3.56. The van der Waals surface area contributed by atoms with E-state index in [1.807, 2.05) is 0 Å². The van der Waals surface area contributed by atoms with Gasteiger partial charge in [-0.15, -0.1) is 0 Å². The summed E-state index contributed by atoms with van der Waals surface area (Å²) in [5.41, 5.74) is 4.52. The molecule has 1 aromatic carbocycles. The summed E-state index contributed by atoms with van der Waals surface area (Å²) < 4.78 is 54.2. The second kappa shape index (κ2) is 5.81. The molecule has 0 heterocycles. The molecule has 1 saturated carbocycles. The van der Waals surface area contributed by atoms with E-state index in [1.54, 1.807) is 0 Å². The highest BCUT2D eigenvalue weighted by Gasteiger charge is 2.51. The first-order chi connectivity index (χ1) is 9.77. The molecule has 2 rings (SSSR count). The fourth-order valence-electron chi connectivity index (χ4n) is 2.23. The van der Waals surface area contributed by atoms with Crippen molar-refractivity contribution in [2.75, 3.05) is 6.54 Å². The van der Waals surface area contributed by atoms with Crippen molar-refractivity contribution in [3.63, 3.8) is 0 Å². The molecular weight excluding hydrogens is 312 g/mol. The molecule has 21 heavy (non-hydrogen) atoms. The second-order valence-electron chi connectivity index (χ2n) is 4.82. The summed E-state index contributed by atoms with van der Waals surface area (Å²) in [4.78, 5) is 12.4. The van der Waals surface area contributed by atoms with Crippen LogP contribution >= 0.6 is 11.6 Å². The zero-order valence-corrected chi connectivity index (χ0v) is 11.6. The summed E-state index contributed by atoms with van der Waals surface area (Å²) in [6.45, 7) is -0.564. The lowest BCUT2D eigenvalue weighted by molar-refractivity contribution is -0.193. The topological polar surface area (TPSA) is 46.3 Å². The first kappa shape index (κ1) is 16.0. The van der Waals surface area contributed by atoms with Gasteiger partial charge in [0.05, 0.1) is 11.6 Å². The lowest BCUT2D eigenvalue weighted by Crippen LogP contribution is -2.46. The quantitative estimate of drug-likeness (QED) is 0.865. The first-order valence-electron chi connectivity index (χ1n) is 6.29. The molecule has 0 bridgehead atoms. The van der Waals surface area contributed by atoms with Crippen LogP contribution in [0.2, 0.25) is 5.02 Å². The minimum atomic E-state index is -4.82. The zero-order chi connectivity index (χ0) is 15.8. The van der Waals surface area contributed by atoms with Gasteiger partial charge in [-0.05, 0) is 18.9 Å². The Kier molecular flexibility index (Phi) is 4.43. The van der Waals surface area contributed by atoms with Gasteiger partial charge >= 0.3 is 6.18 Å². The number of hydrogen-bond acceptors (Lipinski definition) is 2. The highest BCUT2D eigenvalue weighted by molar-refractivity contribution is 6.30. The second-order valence-corrected chi connectivity index (χ2v) is 5.23. The third-order valence-electron chi connectivity index (χ3n) is 3.27. The van der Waals surface area contributed by atoms with E-state index >= 15 is 0 Å². The molecule has 0 spiro atoms. The maximum atomic E-state index is 14.0. The van der Waals surface area contributed by atoms with Gasteiger partial charge in [0, 0.05) is 11.6 Å². The number of carbonyl (C=O) groups excluding carboxylic acids is 1. The van der Waals surface area contributed by atoms with Gasteiger partial charge in [-0.2, -0.15) is 13.2 Å². The number of benzene rings is 1. The number of halogens is 5. The molecule has 0 aromatic heterocycles. The molecule has 1 unspecified atom stereocenters. The molecule has 2 N–H and O–H groups in total. The molecule has 0 saturated heterocycles. The molecular formula is C13H13ClF4N2O. The summed E-state index contributed by atoms with van der Waals surface area (Å²) in [6, 6.07) is 0.418. The molecule has 0 radical (unpaired) electrons. The van der Waals surface area contributed by atoms with Crippen molar-refractivity contribution in [1.29, 1.82) is 0 Å². The normalized spacial score (nSPS) is 16.7. The highest BCUT2D eigenvalue weighted by atomic mass is 35.5. The van der Waals surface area contributed by atoms with E-state index in [0.717, 1.165) is 12.1 Å². The average molecular weight is 325 g/mol. The van der Waals surface area contributed by atoms with Crippen LogP contribution in [0.4, 0.5) is 17.6 Å². The first-order valence-corrected chi connectivity index (χ1v) is 6.67. The Morgan fingerprint density at radius 1 is 1.43 bits per heavy atom. The van der Waals surface area contributed by atoms with Gasteiger partial charge in [-0.25, -0.2) is 4.39 Å². The maximum Gasteiger partial charge on any atom is 0.413 e. The number of nitrogens with zero attached hydrogens (tertiary/aromatic N) is 1. The van der Waals surface area contributed by atoms with E-state index in [4.69, 9.17) is 17.3 Å². The van der Waals surface area contributed by atoms with Crippen molar-refractivity contribution in [1.82, 2.24) is 4.90 Å². The van der Waals surface area contributed by atoms with Crippen LogP contribution in [0.5, 0.6) is 0 Å². The van der Waals surface area contributed by atoms with E-state index in [9.17, 15) is 22.4 Å². The number of nitrogens with two attached hydrogens (primary N) is 1. The zero-order valence-electron chi connectivity index (χ0n) is 10.8. The molecule has 1 fully saturated rings. The summed E-state index contributed by atoms with van der Waals surface area (Å²) in [6.07, 6.45) is -3.93. The minimum absolute atomic E-state index is 0.419. The molecule has 1 aliphatic rings. The van der Waals surface area contributed by atoms with Crippen molar-refractivity contribution >= 4 is 17.5 Å². The molecule has 1 aromatic rings. The summed E-state index contributed by atoms with van der Waals surface area (Å²) in [7, 11) is 0. The number of rotatable bonds is 4. The fourth-order valence-corrected chi connectivity index (χ4v) is 2.41. The maximum absolute atomic E-state index is 14.0. The Morgan fingerprint density at radius 3 is 2.52 bits per heavy atom. The monoisotopic (exact) mass is 324 g/mol. The third kappa shape index (κ3) is 3.29. The van der Waals surface area contributed by atoms with E-state index in [-0.39, 0.29) is 0 Å². The lowest BCUT2D eigenvalue weighted by atomic mass is 10.0. The van der Waals surface area contributed by atoms with Gasteiger partial charge in [0.15, 0.2) is 6.04 Å². The molecule has 116 valence electrons. The Balaban J connectivity index is 2.52. The number of carbonyl (C=O) groups is 1. The Labute approximate surface area is 123 Å². The van der Waals surface area contributed by atoms with Gasteiger partial charge in [0.2, 0.25) is 5.91 Å². The SMILES string of the molecule is NCC(=O)N(C1CC1)C(c1cccc(Cl)c1F)C(F)(F)F. The van der Waals surface area contributed by atoms with Crippen LogP contribution in [0.15, 0.2) is 18.2 Å². The summed E-state index contributed by atoms with van der Waals surface area (Å²) in [5, 5.41) is -0.419. The van der Waals surface area contributed by atoms with Gasteiger partial charge in [-0.3, -0.25) is 4.79 Å². The van der Waals surface area contributed by atoms with E-state index in [2.05, 4.69) is 0 Å². The highest BCUT2D eigenvalue weighted by Crippen LogP contribution is 2.44. The predicted molar refractivity (Wildman–Crippen MR) is 69.1 cm³/mol. The fraction of sp³-hybridized carbons (Fsp3) is 0.462. The molecule has 8 heteroatoms. The van der Waals surface area contributed by atoms with Crippen molar-refractivity contribution in [3.05, 3.63) is 34.6 Å². The summed E-state index contributed by atoms with van der Waals surface area (Å²) >= 11 is 5.55. The Bertz CT molecular complexity index is 545. The van der Waals surface area contributed by atoms with Crippen LogP contribution in [0.1, 0.15) is 24.4 Å². The van der Waals surface area contributed by atoms with Crippen LogP contribution < -0.4 is 5.73 Å². The molecule has 3 nitrogen and oxygen atoms in total. The van der Waals surface area contributed by atoms with E-state index in [0.29, 0.717) is 17.7 Å².